The van der Waals surface area contributed by atoms with Gasteiger partial charge in [0.15, 0.2) is 0 Å². The SMILES string of the molecule is Cl.N[C@H](CS)CCCCSc1ccccc1. The highest BCUT2D eigenvalue weighted by Gasteiger charge is 1.99. The third-order valence-electron chi connectivity index (χ3n) is 2.22. The van der Waals surface area contributed by atoms with Crippen molar-refractivity contribution in [3.8, 4) is 0 Å². The molecule has 0 heterocycles. The standard InChI is InChI=1S/C12H19NS2.ClH/c13-11(10-14)6-4-5-9-15-12-7-2-1-3-8-12;/h1-3,7-8,11,14H,4-6,9-10,13H2;1H/t11-;/m0./s1. The molecule has 0 spiro atoms. The first kappa shape index (κ1) is 16.2. The van der Waals surface area contributed by atoms with Gasteiger partial charge in [0, 0.05) is 16.7 Å². The van der Waals surface area contributed by atoms with Crippen LogP contribution < -0.4 is 5.73 Å². The second-order valence-electron chi connectivity index (χ2n) is 3.60. The van der Waals surface area contributed by atoms with E-state index in [4.69, 9.17) is 5.73 Å². The Labute approximate surface area is 114 Å². The van der Waals surface area contributed by atoms with E-state index in [2.05, 4.69) is 43.0 Å². The van der Waals surface area contributed by atoms with Crippen LogP contribution in [0.3, 0.4) is 0 Å². The molecule has 0 aliphatic carbocycles. The number of thioether (sulfide) groups is 1. The van der Waals surface area contributed by atoms with Crippen molar-refractivity contribution < 1.29 is 0 Å². The molecular weight excluding hydrogens is 258 g/mol. The molecule has 0 saturated carbocycles. The lowest BCUT2D eigenvalue weighted by Gasteiger charge is -2.07. The summed E-state index contributed by atoms with van der Waals surface area (Å²) in [4.78, 5) is 1.36. The van der Waals surface area contributed by atoms with Gasteiger partial charge in [-0.3, -0.25) is 0 Å². The molecule has 1 atom stereocenters. The number of nitrogens with two attached hydrogens (primary N) is 1. The van der Waals surface area contributed by atoms with E-state index >= 15 is 0 Å². The number of unbranched alkanes of at least 4 members (excludes halogenated alkanes) is 1. The summed E-state index contributed by atoms with van der Waals surface area (Å²) >= 11 is 6.09. The lowest BCUT2D eigenvalue weighted by Crippen LogP contribution is -2.21. The van der Waals surface area contributed by atoms with Crippen LogP contribution in [0.4, 0.5) is 0 Å². The molecule has 0 aliphatic heterocycles. The number of benzene rings is 1. The van der Waals surface area contributed by atoms with Crippen LogP contribution in [0.5, 0.6) is 0 Å². The Hall–Kier alpha value is 0.170. The van der Waals surface area contributed by atoms with Gasteiger partial charge in [-0.05, 0) is 30.7 Å². The molecule has 1 aromatic rings. The van der Waals surface area contributed by atoms with E-state index in [9.17, 15) is 0 Å². The average molecular weight is 278 g/mol. The largest absolute Gasteiger partial charge is 0.327 e. The molecule has 0 amide bonds. The Morgan fingerprint density at radius 1 is 1.19 bits per heavy atom. The maximum Gasteiger partial charge on any atom is 0.0127 e. The molecule has 0 unspecified atom stereocenters. The summed E-state index contributed by atoms with van der Waals surface area (Å²) in [5.41, 5.74) is 5.78. The topological polar surface area (TPSA) is 26.0 Å². The Morgan fingerprint density at radius 3 is 2.50 bits per heavy atom. The molecule has 1 aromatic carbocycles. The molecule has 0 bridgehead atoms. The summed E-state index contributed by atoms with van der Waals surface area (Å²) in [5, 5.41) is 0. The molecule has 92 valence electrons. The van der Waals surface area contributed by atoms with Crippen molar-refractivity contribution in [3.05, 3.63) is 30.3 Å². The van der Waals surface area contributed by atoms with Gasteiger partial charge in [0.25, 0.3) is 0 Å². The average Bonchev–Trinajstić information content (AvgIpc) is 2.29. The molecule has 0 radical (unpaired) electrons. The van der Waals surface area contributed by atoms with Crippen molar-refractivity contribution in [2.24, 2.45) is 5.73 Å². The van der Waals surface area contributed by atoms with Gasteiger partial charge < -0.3 is 5.73 Å². The monoisotopic (exact) mass is 277 g/mol. The van der Waals surface area contributed by atoms with Crippen LogP contribution in [-0.4, -0.2) is 17.5 Å². The lowest BCUT2D eigenvalue weighted by molar-refractivity contribution is 0.626. The summed E-state index contributed by atoms with van der Waals surface area (Å²) in [7, 11) is 0. The fraction of sp³-hybridized carbons (Fsp3) is 0.500. The maximum absolute atomic E-state index is 5.78. The van der Waals surface area contributed by atoms with E-state index in [0.29, 0.717) is 0 Å². The third kappa shape index (κ3) is 7.44. The molecule has 1 rings (SSSR count). The van der Waals surface area contributed by atoms with E-state index in [0.717, 1.165) is 12.2 Å². The van der Waals surface area contributed by atoms with Crippen LogP contribution >= 0.6 is 36.8 Å². The van der Waals surface area contributed by atoms with Crippen molar-refractivity contribution in [2.45, 2.75) is 30.2 Å². The van der Waals surface area contributed by atoms with E-state index in [1.807, 2.05) is 11.8 Å². The lowest BCUT2D eigenvalue weighted by atomic mass is 10.2. The van der Waals surface area contributed by atoms with Gasteiger partial charge in [0.05, 0.1) is 0 Å². The predicted octanol–water partition coefficient (Wildman–Crippen LogP) is 3.63. The van der Waals surface area contributed by atoms with Crippen LogP contribution in [0.2, 0.25) is 0 Å². The highest BCUT2D eigenvalue weighted by Crippen LogP contribution is 2.18. The van der Waals surface area contributed by atoms with Gasteiger partial charge >= 0.3 is 0 Å². The Morgan fingerprint density at radius 2 is 1.88 bits per heavy atom. The molecule has 4 heteroatoms. The third-order valence-corrected chi connectivity index (χ3v) is 3.78. The fourth-order valence-electron chi connectivity index (χ4n) is 1.31. The van der Waals surface area contributed by atoms with E-state index < -0.39 is 0 Å². The minimum absolute atomic E-state index is 0. The number of rotatable bonds is 7. The van der Waals surface area contributed by atoms with Crippen molar-refractivity contribution in [2.75, 3.05) is 11.5 Å². The van der Waals surface area contributed by atoms with Gasteiger partial charge in [-0.1, -0.05) is 24.6 Å². The molecular formula is C12H20ClNS2. The van der Waals surface area contributed by atoms with Crippen molar-refractivity contribution in [1.29, 1.82) is 0 Å². The minimum Gasteiger partial charge on any atom is -0.327 e. The first-order valence-corrected chi connectivity index (χ1v) is 6.99. The zero-order valence-corrected chi connectivity index (χ0v) is 11.9. The summed E-state index contributed by atoms with van der Waals surface area (Å²) in [5.74, 6) is 1.98. The number of thiol groups is 1. The second-order valence-corrected chi connectivity index (χ2v) is 5.13. The van der Waals surface area contributed by atoms with Crippen LogP contribution in [0.1, 0.15) is 19.3 Å². The molecule has 1 nitrogen and oxygen atoms in total. The summed E-state index contributed by atoms with van der Waals surface area (Å²) in [6, 6.07) is 10.8. The first-order chi connectivity index (χ1) is 7.33. The minimum atomic E-state index is 0. The highest BCUT2D eigenvalue weighted by atomic mass is 35.5. The van der Waals surface area contributed by atoms with E-state index in [1.165, 1.54) is 23.5 Å². The van der Waals surface area contributed by atoms with Crippen LogP contribution in [-0.2, 0) is 0 Å². The van der Waals surface area contributed by atoms with E-state index in [-0.39, 0.29) is 18.4 Å². The van der Waals surface area contributed by atoms with Crippen LogP contribution in [0, 0.1) is 0 Å². The maximum atomic E-state index is 5.78. The number of halogens is 1. The zero-order valence-electron chi connectivity index (χ0n) is 9.34. The van der Waals surface area contributed by atoms with Crippen LogP contribution in [0.15, 0.2) is 35.2 Å². The normalized spacial score (nSPS) is 11.9. The zero-order chi connectivity index (χ0) is 10.9. The molecule has 2 N–H and O–H groups in total. The van der Waals surface area contributed by atoms with Gasteiger partial charge in [0.2, 0.25) is 0 Å². The van der Waals surface area contributed by atoms with Gasteiger partial charge in [-0.25, -0.2) is 0 Å². The highest BCUT2D eigenvalue weighted by molar-refractivity contribution is 7.99. The summed E-state index contributed by atoms with van der Waals surface area (Å²) in [6.07, 6.45) is 3.54. The summed E-state index contributed by atoms with van der Waals surface area (Å²) in [6.45, 7) is 0. The first-order valence-electron chi connectivity index (χ1n) is 5.37. The molecule has 0 aliphatic rings. The van der Waals surface area contributed by atoms with Gasteiger partial charge in [-0.2, -0.15) is 12.6 Å². The smallest absolute Gasteiger partial charge is 0.0127 e. The second kappa shape index (κ2) is 10.3. The van der Waals surface area contributed by atoms with Gasteiger partial charge in [-0.15, -0.1) is 24.2 Å². The molecule has 16 heavy (non-hydrogen) atoms. The Kier molecular flexibility index (Phi) is 10.4. The van der Waals surface area contributed by atoms with Crippen LogP contribution in [0.25, 0.3) is 0 Å². The summed E-state index contributed by atoms with van der Waals surface area (Å²) < 4.78 is 0. The predicted molar refractivity (Wildman–Crippen MR) is 80.1 cm³/mol. The Balaban J connectivity index is 0.00000225. The number of hydrogen-bond acceptors (Lipinski definition) is 3. The van der Waals surface area contributed by atoms with Crippen molar-refractivity contribution >= 4 is 36.8 Å². The van der Waals surface area contributed by atoms with Crippen molar-refractivity contribution in [3.63, 3.8) is 0 Å². The molecule has 0 saturated heterocycles. The quantitative estimate of drug-likeness (QED) is 0.452. The van der Waals surface area contributed by atoms with Gasteiger partial charge in [0.1, 0.15) is 0 Å². The van der Waals surface area contributed by atoms with Crippen molar-refractivity contribution in [1.82, 2.24) is 0 Å². The Bertz CT molecular complexity index is 256. The van der Waals surface area contributed by atoms with E-state index in [1.54, 1.807) is 0 Å². The number of hydrogen-bond donors (Lipinski definition) is 2. The fourth-order valence-corrected chi connectivity index (χ4v) is 2.42. The molecule has 0 aromatic heterocycles. The molecule has 0 fully saturated rings.